The lowest BCUT2D eigenvalue weighted by Gasteiger charge is -2.07. The van der Waals surface area contributed by atoms with Crippen molar-refractivity contribution in [3.8, 4) is 12.3 Å². The average Bonchev–Trinajstić information content (AvgIpc) is 2.28. The molecule has 1 amide bonds. The van der Waals surface area contributed by atoms with Crippen LogP contribution in [0.15, 0.2) is 24.3 Å². The molecule has 0 spiro atoms. The largest absolute Gasteiger partial charge is 0.352 e. The minimum atomic E-state index is -0.0522. The third kappa shape index (κ3) is 2.85. The molecule has 1 aromatic rings. The predicted octanol–water partition coefficient (Wildman–Crippen LogP) is 2.17. The molecule has 0 aliphatic rings. The Hall–Kier alpha value is -1.75. The third-order valence-corrected chi connectivity index (χ3v) is 2.24. The summed E-state index contributed by atoms with van der Waals surface area (Å²) in [4.78, 5) is 11.5. The molecule has 1 N–H and O–H groups in total. The minimum Gasteiger partial charge on any atom is -0.352 e. The summed E-state index contributed by atoms with van der Waals surface area (Å²) in [5, 5.41) is 2.76. The van der Waals surface area contributed by atoms with Crippen LogP contribution in [0.1, 0.15) is 35.7 Å². The smallest absolute Gasteiger partial charge is 0.251 e. The van der Waals surface area contributed by atoms with E-state index in [4.69, 9.17) is 6.42 Å². The van der Waals surface area contributed by atoms with Crippen LogP contribution >= 0.6 is 0 Å². The highest BCUT2D eigenvalue weighted by Gasteiger charge is 2.07. The molecule has 1 rings (SSSR count). The van der Waals surface area contributed by atoms with Crippen molar-refractivity contribution in [1.29, 1.82) is 0 Å². The molecule has 1 unspecified atom stereocenters. The number of amides is 1. The van der Waals surface area contributed by atoms with Crippen LogP contribution in [0.2, 0.25) is 0 Å². The topological polar surface area (TPSA) is 29.1 Å². The van der Waals surface area contributed by atoms with Crippen molar-refractivity contribution in [3.63, 3.8) is 0 Å². The number of carbonyl (C=O) groups is 1. The molecule has 15 heavy (non-hydrogen) atoms. The highest BCUT2D eigenvalue weighted by Crippen LogP contribution is 2.15. The van der Waals surface area contributed by atoms with E-state index in [1.54, 1.807) is 6.07 Å². The first kappa shape index (κ1) is 11.3. The van der Waals surface area contributed by atoms with Gasteiger partial charge < -0.3 is 5.32 Å². The summed E-state index contributed by atoms with van der Waals surface area (Å²) in [6.07, 6.45) is 5.34. The number of hydrogen-bond donors (Lipinski definition) is 1. The Morgan fingerprint density at radius 1 is 1.60 bits per heavy atom. The van der Waals surface area contributed by atoms with Crippen LogP contribution < -0.4 is 5.32 Å². The van der Waals surface area contributed by atoms with Gasteiger partial charge in [-0.25, -0.2) is 0 Å². The van der Waals surface area contributed by atoms with Gasteiger partial charge >= 0.3 is 0 Å². The molecule has 78 valence electrons. The third-order valence-electron chi connectivity index (χ3n) is 2.24. The van der Waals surface area contributed by atoms with Crippen LogP contribution in [0.3, 0.4) is 0 Å². The number of hydrogen-bond acceptors (Lipinski definition) is 1. The lowest BCUT2D eigenvalue weighted by atomic mass is 10.00. The monoisotopic (exact) mass is 201 g/mol. The summed E-state index contributed by atoms with van der Waals surface area (Å²) < 4.78 is 0. The van der Waals surface area contributed by atoms with Crippen LogP contribution in [0.5, 0.6) is 0 Å². The fourth-order valence-corrected chi connectivity index (χ4v) is 1.31. The van der Waals surface area contributed by atoms with Crippen LogP contribution in [-0.2, 0) is 0 Å². The van der Waals surface area contributed by atoms with E-state index in [1.807, 2.05) is 32.0 Å². The predicted molar refractivity (Wildman–Crippen MR) is 61.7 cm³/mol. The van der Waals surface area contributed by atoms with Gasteiger partial charge in [0, 0.05) is 18.0 Å². The molecular formula is C13H15NO. The van der Waals surface area contributed by atoms with Crippen molar-refractivity contribution in [3.05, 3.63) is 35.4 Å². The molecule has 0 fully saturated rings. The Labute approximate surface area is 90.7 Å². The van der Waals surface area contributed by atoms with Crippen LogP contribution in [0, 0.1) is 12.3 Å². The first-order valence-corrected chi connectivity index (χ1v) is 5.03. The van der Waals surface area contributed by atoms with Gasteiger partial charge in [-0.15, -0.1) is 6.42 Å². The Morgan fingerprint density at radius 2 is 2.33 bits per heavy atom. The molecule has 0 aromatic heterocycles. The van der Waals surface area contributed by atoms with Crippen molar-refractivity contribution in [2.75, 3.05) is 6.54 Å². The Balaban J connectivity index is 2.93. The van der Waals surface area contributed by atoms with Gasteiger partial charge in [0.15, 0.2) is 0 Å². The SMILES string of the molecule is C#CC(C)c1cccc(C(=O)NCC)c1. The zero-order valence-electron chi connectivity index (χ0n) is 9.08. The Morgan fingerprint density at radius 3 is 2.93 bits per heavy atom. The van der Waals surface area contributed by atoms with Crippen molar-refractivity contribution < 1.29 is 4.79 Å². The molecule has 2 heteroatoms. The molecule has 1 atom stereocenters. The number of benzene rings is 1. The second-order valence-corrected chi connectivity index (χ2v) is 3.37. The van der Waals surface area contributed by atoms with E-state index >= 15 is 0 Å². The zero-order valence-corrected chi connectivity index (χ0v) is 9.08. The molecule has 2 nitrogen and oxygen atoms in total. The van der Waals surface area contributed by atoms with E-state index in [9.17, 15) is 4.79 Å². The van der Waals surface area contributed by atoms with E-state index in [2.05, 4.69) is 11.2 Å². The van der Waals surface area contributed by atoms with Crippen molar-refractivity contribution in [2.24, 2.45) is 0 Å². The van der Waals surface area contributed by atoms with Gasteiger partial charge in [-0.3, -0.25) is 4.79 Å². The van der Waals surface area contributed by atoms with Crippen LogP contribution in [0.4, 0.5) is 0 Å². The first-order chi connectivity index (χ1) is 7.19. The molecular weight excluding hydrogens is 186 g/mol. The summed E-state index contributed by atoms with van der Waals surface area (Å²) >= 11 is 0. The Kier molecular flexibility index (Phi) is 3.93. The van der Waals surface area contributed by atoms with Gasteiger partial charge in [0.2, 0.25) is 0 Å². The fourth-order valence-electron chi connectivity index (χ4n) is 1.31. The van der Waals surface area contributed by atoms with E-state index in [0.29, 0.717) is 12.1 Å². The lowest BCUT2D eigenvalue weighted by molar-refractivity contribution is 0.0955. The molecule has 0 heterocycles. The van der Waals surface area contributed by atoms with Gasteiger partial charge in [0.1, 0.15) is 0 Å². The van der Waals surface area contributed by atoms with Crippen LogP contribution in [0.25, 0.3) is 0 Å². The molecule has 0 aliphatic heterocycles. The highest BCUT2D eigenvalue weighted by atomic mass is 16.1. The summed E-state index contributed by atoms with van der Waals surface area (Å²) in [6.45, 7) is 4.47. The Bertz CT molecular complexity index is 390. The number of nitrogens with one attached hydrogen (secondary N) is 1. The van der Waals surface area contributed by atoms with E-state index < -0.39 is 0 Å². The van der Waals surface area contributed by atoms with Gasteiger partial charge in [0.25, 0.3) is 5.91 Å². The normalized spacial score (nSPS) is 11.5. The maximum absolute atomic E-state index is 11.5. The summed E-state index contributed by atoms with van der Waals surface area (Å²) in [6, 6.07) is 7.42. The maximum Gasteiger partial charge on any atom is 0.251 e. The maximum atomic E-state index is 11.5. The van der Waals surface area contributed by atoms with Crippen molar-refractivity contribution in [1.82, 2.24) is 5.32 Å². The van der Waals surface area contributed by atoms with E-state index in [1.165, 1.54) is 0 Å². The highest BCUT2D eigenvalue weighted by molar-refractivity contribution is 5.94. The second-order valence-electron chi connectivity index (χ2n) is 3.37. The lowest BCUT2D eigenvalue weighted by Crippen LogP contribution is -2.22. The van der Waals surface area contributed by atoms with Gasteiger partial charge in [-0.1, -0.05) is 18.1 Å². The van der Waals surface area contributed by atoms with Gasteiger partial charge in [-0.05, 0) is 31.5 Å². The summed E-state index contributed by atoms with van der Waals surface area (Å²) in [5.41, 5.74) is 1.66. The molecule has 0 radical (unpaired) electrons. The van der Waals surface area contributed by atoms with E-state index in [0.717, 1.165) is 5.56 Å². The van der Waals surface area contributed by atoms with Crippen molar-refractivity contribution >= 4 is 5.91 Å². The summed E-state index contributed by atoms with van der Waals surface area (Å²) in [7, 11) is 0. The molecule has 0 saturated carbocycles. The number of rotatable bonds is 3. The van der Waals surface area contributed by atoms with E-state index in [-0.39, 0.29) is 11.8 Å². The number of carbonyl (C=O) groups excluding carboxylic acids is 1. The van der Waals surface area contributed by atoms with Crippen molar-refractivity contribution in [2.45, 2.75) is 19.8 Å². The number of terminal acetylenes is 1. The summed E-state index contributed by atoms with van der Waals surface area (Å²) in [5.74, 6) is 2.64. The standard InChI is InChI=1S/C13H15NO/c1-4-10(3)11-7-6-8-12(9-11)13(15)14-5-2/h1,6-10H,5H2,2-3H3,(H,14,15). The molecule has 0 aliphatic carbocycles. The molecule has 1 aromatic carbocycles. The second kappa shape index (κ2) is 5.21. The quantitative estimate of drug-likeness (QED) is 0.746. The molecule has 0 bridgehead atoms. The fraction of sp³-hybridized carbons (Fsp3) is 0.308. The average molecular weight is 201 g/mol. The van der Waals surface area contributed by atoms with Crippen LogP contribution in [-0.4, -0.2) is 12.5 Å². The van der Waals surface area contributed by atoms with Gasteiger partial charge in [-0.2, -0.15) is 0 Å². The minimum absolute atomic E-state index is 0.0411. The first-order valence-electron chi connectivity index (χ1n) is 5.03. The zero-order chi connectivity index (χ0) is 11.3. The molecule has 0 saturated heterocycles. The van der Waals surface area contributed by atoms with Gasteiger partial charge in [0.05, 0.1) is 0 Å².